The first-order valence-electron chi connectivity index (χ1n) is 5.87. The molecule has 2 heterocycles. The molecule has 0 radical (unpaired) electrons. The molecule has 1 aromatic rings. The minimum absolute atomic E-state index is 0.0601. The fourth-order valence-electron chi connectivity index (χ4n) is 2.57. The molecule has 3 rings (SSSR count). The molecular formula is C13H14N2OS. The first-order chi connectivity index (χ1) is 8.21. The molecule has 1 atom stereocenters. The predicted molar refractivity (Wildman–Crippen MR) is 71.2 cm³/mol. The van der Waals surface area contributed by atoms with E-state index in [0.29, 0.717) is 5.56 Å². The molecular weight excluding hydrogens is 232 g/mol. The highest BCUT2D eigenvalue weighted by Gasteiger charge is 2.41. The van der Waals surface area contributed by atoms with Crippen molar-refractivity contribution in [2.45, 2.75) is 24.1 Å². The summed E-state index contributed by atoms with van der Waals surface area (Å²) in [4.78, 5) is 18.4. The molecule has 3 nitrogen and oxygen atoms in total. The van der Waals surface area contributed by atoms with E-state index in [1.54, 1.807) is 0 Å². The molecule has 2 aliphatic rings. The van der Waals surface area contributed by atoms with Crippen LogP contribution >= 0.6 is 12.6 Å². The number of hydrogen-bond donors (Lipinski definition) is 1. The highest BCUT2D eigenvalue weighted by Crippen LogP contribution is 2.38. The van der Waals surface area contributed by atoms with Gasteiger partial charge in [-0.2, -0.15) is 12.6 Å². The van der Waals surface area contributed by atoms with Crippen LogP contribution in [0.4, 0.5) is 5.69 Å². The Bertz CT molecular complexity index is 500. The molecule has 0 N–H and O–H groups in total. The molecule has 0 aromatic heterocycles. The normalized spacial score (nSPS) is 29.2. The van der Waals surface area contributed by atoms with Crippen molar-refractivity contribution in [3.63, 3.8) is 0 Å². The summed E-state index contributed by atoms with van der Waals surface area (Å²) in [6.45, 7) is 0.796. The summed E-state index contributed by atoms with van der Waals surface area (Å²) < 4.78 is 0. The number of thiol groups is 1. The Morgan fingerprint density at radius 3 is 3.06 bits per heavy atom. The van der Waals surface area contributed by atoms with Gasteiger partial charge < -0.3 is 4.90 Å². The Balaban J connectivity index is 2.11. The lowest BCUT2D eigenvalue weighted by Gasteiger charge is -2.34. The monoisotopic (exact) mass is 246 g/mol. The molecule has 1 saturated heterocycles. The van der Waals surface area contributed by atoms with Gasteiger partial charge >= 0.3 is 0 Å². The maximum atomic E-state index is 12.5. The molecule has 1 fully saturated rings. The zero-order valence-electron chi connectivity index (χ0n) is 9.47. The highest BCUT2D eigenvalue weighted by molar-refractivity contribution is 7.81. The van der Waals surface area contributed by atoms with Gasteiger partial charge in [-0.25, -0.2) is 0 Å². The molecule has 2 aliphatic heterocycles. The number of carbonyl (C=O) groups excluding carboxylic acids is 1. The molecule has 0 saturated carbocycles. The molecule has 4 heteroatoms. The van der Waals surface area contributed by atoms with Crippen LogP contribution in [-0.4, -0.2) is 28.4 Å². The van der Waals surface area contributed by atoms with Crippen LogP contribution in [0, 0.1) is 0 Å². The Hall–Kier alpha value is -1.29. The number of para-hydroxylation sites is 1. The van der Waals surface area contributed by atoms with Gasteiger partial charge in [-0.1, -0.05) is 12.1 Å². The number of amides is 1. The van der Waals surface area contributed by atoms with Gasteiger partial charge in [-0.05, 0) is 25.0 Å². The van der Waals surface area contributed by atoms with Gasteiger partial charge in [0.25, 0.3) is 5.91 Å². The van der Waals surface area contributed by atoms with Crippen molar-refractivity contribution in [2.24, 2.45) is 4.99 Å². The number of carbonyl (C=O) groups is 1. The van der Waals surface area contributed by atoms with Crippen LogP contribution in [0.3, 0.4) is 0 Å². The fourth-order valence-corrected chi connectivity index (χ4v) is 3.00. The van der Waals surface area contributed by atoms with E-state index in [0.717, 1.165) is 31.5 Å². The van der Waals surface area contributed by atoms with Gasteiger partial charge in [0.15, 0.2) is 0 Å². The van der Waals surface area contributed by atoms with Gasteiger partial charge in [0, 0.05) is 19.2 Å². The van der Waals surface area contributed by atoms with Gasteiger partial charge in [-0.3, -0.25) is 9.79 Å². The lowest BCUT2D eigenvalue weighted by atomic mass is 10.1. The van der Waals surface area contributed by atoms with Gasteiger partial charge in [0.1, 0.15) is 0 Å². The molecule has 0 aliphatic carbocycles. The van der Waals surface area contributed by atoms with E-state index in [2.05, 4.69) is 17.6 Å². The van der Waals surface area contributed by atoms with Crippen LogP contribution in [0.5, 0.6) is 0 Å². The van der Waals surface area contributed by atoms with Crippen LogP contribution in [0.15, 0.2) is 29.3 Å². The zero-order valence-corrected chi connectivity index (χ0v) is 10.4. The second-order valence-corrected chi connectivity index (χ2v) is 5.41. The number of nitrogens with zero attached hydrogens (tertiary/aromatic N) is 2. The van der Waals surface area contributed by atoms with Gasteiger partial charge in [0.2, 0.25) is 0 Å². The summed E-state index contributed by atoms with van der Waals surface area (Å²) in [5.74, 6) is 0.0601. The predicted octanol–water partition coefficient (Wildman–Crippen LogP) is 2.65. The summed E-state index contributed by atoms with van der Waals surface area (Å²) in [5, 5.41) is 0. The topological polar surface area (TPSA) is 32.7 Å². The number of benzene rings is 1. The highest BCUT2D eigenvalue weighted by atomic mass is 32.1. The third-order valence-corrected chi connectivity index (χ3v) is 4.14. The number of fused-ring (bicyclic) bond motifs is 2. The average molecular weight is 246 g/mol. The molecule has 1 aromatic carbocycles. The van der Waals surface area contributed by atoms with Gasteiger partial charge in [-0.15, -0.1) is 0 Å². The van der Waals surface area contributed by atoms with Crippen LogP contribution < -0.4 is 0 Å². The lowest BCUT2D eigenvalue weighted by Crippen LogP contribution is -2.44. The molecule has 1 unspecified atom stereocenters. The zero-order chi connectivity index (χ0) is 11.9. The molecule has 1 amide bonds. The van der Waals surface area contributed by atoms with E-state index < -0.39 is 0 Å². The van der Waals surface area contributed by atoms with Crippen LogP contribution in [0.1, 0.15) is 29.6 Å². The lowest BCUT2D eigenvalue weighted by molar-refractivity contribution is 0.0717. The standard InChI is InChI=1S/C13H14N2OS/c16-12-10-4-1-2-5-11(10)14-8-7-13(17)6-3-9-15(12)13/h1-2,4-5,8,17H,3,6-7,9H2/b14-8+. The van der Waals surface area contributed by atoms with E-state index in [1.807, 2.05) is 35.4 Å². The SMILES string of the molecule is O=C1c2ccccc2/N=C/CC2(S)CCCN12. The van der Waals surface area contributed by atoms with Crippen molar-refractivity contribution >= 4 is 30.4 Å². The van der Waals surface area contributed by atoms with Crippen molar-refractivity contribution in [3.05, 3.63) is 29.8 Å². The molecule has 88 valence electrons. The summed E-state index contributed by atoms with van der Waals surface area (Å²) in [6.07, 6.45) is 4.56. The number of rotatable bonds is 0. The van der Waals surface area contributed by atoms with Gasteiger partial charge in [0.05, 0.1) is 16.1 Å². The average Bonchev–Trinajstić information content (AvgIpc) is 2.69. The third-order valence-electron chi connectivity index (χ3n) is 3.49. The summed E-state index contributed by atoms with van der Waals surface area (Å²) in [5.41, 5.74) is 1.45. The Morgan fingerprint density at radius 1 is 1.35 bits per heavy atom. The van der Waals surface area contributed by atoms with Crippen molar-refractivity contribution in [1.29, 1.82) is 0 Å². The fraction of sp³-hybridized carbons (Fsp3) is 0.385. The smallest absolute Gasteiger partial charge is 0.257 e. The summed E-state index contributed by atoms with van der Waals surface area (Å²) in [6, 6.07) is 7.51. The van der Waals surface area contributed by atoms with Crippen molar-refractivity contribution in [3.8, 4) is 0 Å². The largest absolute Gasteiger partial charge is 0.324 e. The first-order valence-corrected chi connectivity index (χ1v) is 6.31. The van der Waals surface area contributed by atoms with Crippen LogP contribution in [-0.2, 0) is 0 Å². The minimum Gasteiger partial charge on any atom is -0.324 e. The van der Waals surface area contributed by atoms with E-state index in [4.69, 9.17) is 0 Å². The Kier molecular flexibility index (Phi) is 2.47. The van der Waals surface area contributed by atoms with Crippen molar-refractivity contribution in [1.82, 2.24) is 4.90 Å². The van der Waals surface area contributed by atoms with E-state index in [1.165, 1.54) is 0 Å². The second-order valence-electron chi connectivity index (χ2n) is 4.58. The first kappa shape index (κ1) is 10.8. The summed E-state index contributed by atoms with van der Waals surface area (Å²) >= 11 is 4.69. The number of hydrogen-bond acceptors (Lipinski definition) is 3. The molecule has 17 heavy (non-hydrogen) atoms. The quantitative estimate of drug-likeness (QED) is 0.701. The van der Waals surface area contributed by atoms with E-state index >= 15 is 0 Å². The van der Waals surface area contributed by atoms with Crippen molar-refractivity contribution < 1.29 is 4.79 Å². The van der Waals surface area contributed by atoms with Crippen LogP contribution in [0.25, 0.3) is 0 Å². The maximum absolute atomic E-state index is 12.5. The number of aliphatic imine (C=N–C) groups is 1. The van der Waals surface area contributed by atoms with E-state index in [9.17, 15) is 4.79 Å². The Morgan fingerprint density at radius 2 is 2.18 bits per heavy atom. The van der Waals surface area contributed by atoms with Crippen molar-refractivity contribution in [2.75, 3.05) is 6.54 Å². The van der Waals surface area contributed by atoms with E-state index in [-0.39, 0.29) is 10.8 Å². The third kappa shape index (κ3) is 1.67. The van der Waals surface area contributed by atoms with Crippen LogP contribution in [0.2, 0.25) is 0 Å². The molecule has 0 bridgehead atoms. The maximum Gasteiger partial charge on any atom is 0.257 e. The Labute approximate surface area is 106 Å². The second kappa shape index (κ2) is 3.88. The summed E-state index contributed by atoms with van der Waals surface area (Å²) in [7, 11) is 0. The minimum atomic E-state index is -0.339. The molecule has 0 spiro atoms.